The molecule has 0 bridgehead atoms. The van der Waals surface area contributed by atoms with Gasteiger partial charge in [-0.05, 0) is 12.3 Å². The molecule has 0 aromatic carbocycles. The Bertz CT molecular complexity index is 592. The summed E-state index contributed by atoms with van der Waals surface area (Å²) >= 11 is 0. The van der Waals surface area contributed by atoms with Crippen molar-refractivity contribution < 1.29 is 42.9 Å². The van der Waals surface area contributed by atoms with Crippen LogP contribution in [0, 0.1) is 5.92 Å². The first kappa shape index (κ1) is 24.8. The fourth-order valence-electron chi connectivity index (χ4n) is 2.85. The van der Waals surface area contributed by atoms with Gasteiger partial charge in [0.15, 0.2) is 18.5 Å². The lowest BCUT2D eigenvalue weighted by molar-refractivity contribution is -0.278. The third-order valence-electron chi connectivity index (χ3n) is 4.05. The molecule has 0 saturated carbocycles. The molecule has 0 unspecified atom stereocenters. The molecular weight excluding hydrogens is 386 g/mol. The van der Waals surface area contributed by atoms with Crippen LogP contribution in [0.15, 0.2) is 0 Å². The van der Waals surface area contributed by atoms with Crippen LogP contribution in [0.1, 0.15) is 48.0 Å². The first-order valence-corrected chi connectivity index (χ1v) is 9.53. The van der Waals surface area contributed by atoms with Crippen LogP contribution in [0.4, 0.5) is 0 Å². The molecule has 1 rings (SSSR count). The standard InChI is InChI=1S/C19H31NO9/c1-10(2)7-8-25-19-16(20-11(3)21)18(28-14(6)24)17(27-13(5)23)15(29-19)9-26-12(4)22/h10,15-19H,7-9H2,1-6H3,(H,20,21)/t15-,16+,17+,18-,19+/m0/s1. The highest BCUT2D eigenvalue weighted by molar-refractivity contribution is 5.73. The highest BCUT2D eigenvalue weighted by Gasteiger charge is 2.51. The number of esters is 3. The van der Waals surface area contributed by atoms with Crippen molar-refractivity contribution in [2.24, 2.45) is 5.92 Å². The van der Waals surface area contributed by atoms with Crippen LogP contribution in [-0.4, -0.2) is 67.7 Å². The molecule has 1 aliphatic rings. The number of amides is 1. The Morgan fingerprint density at radius 3 is 2.00 bits per heavy atom. The van der Waals surface area contributed by atoms with E-state index in [1.54, 1.807) is 0 Å². The Labute approximate surface area is 170 Å². The number of nitrogens with one attached hydrogen (secondary N) is 1. The molecule has 1 fully saturated rings. The Kier molecular flexibility index (Phi) is 10.0. The Hall–Kier alpha value is -2.20. The molecule has 10 heteroatoms. The van der Waals surface area contributed by atoms with Gasteiger partial charge in [-0.15, -0.1) is 0 Å². The molecule has 5 atom stereocenters. The maximum Gasteiger partial charge on any atom is 0.303 e. The topological polar surface area (TPSA) is 126 Å². The first-order chi connectivity index (χ1) is 13.5. The molecule has 10 nitrogen and oxygen atoms in total. The van der Waals surface area contributed by atoms with E-state index in [0.29, 0.717) is 12.5 Å². The van der Waals surface area contributed by atoms with Gasteiger partial charge < -0.3 is 29.0 Å². The Balaban J connectivity index is 3.21. The van der Waals surface area contributed by atoms with Crippen LogP contribution < -0.4 is 5.32 Å². The van der Waals surface area contributed by atoms with Gasteiger partial charge in [0.2, 0.25) is 5.91 Å². The molecule has 1 saturated heterocycles. The van der Waals surface area contributed by atoms with E-state index in [1.807, 2.05) is 13.8 Å². The van der Waals surface area contributed by atoms with Gasteiger partial charge in [0, 0.05) is 27.7 Å². The summed E-state index contributed by atoms with van der Waals surface area (Å²) in [6, 6.07) is -0.929. The van der Waals surface area contributed by atoms with Crippen molar-refractivity contribution in [1.29, 1.82) is 0 Å². The van der Waals surface area contributed by atoms with Crippen LogP contribution in [0.3, 0.4) is 0 Å². The van der Waals surface area contributed by atoms with Gasteiger partial charge in [0.05, 0.1) is 6.61 Å². The quantitative estimate of drug-likeness (QED) is 0.426. The molecule has 1 amide bonds. The lowest BCUT2D eigenvalue weighted by Crippen LogP contribution is -2.66. The molecule has 1 heterocycles. The molecule has 166 valence electrons. The maximum absolute atomic E-state index is 11.8. The van der Waals surface area contributed by atoms with E-state index in [9.17, 15) is 19.2 Å². The molecule has 1 N–H and O–H groups in total. The van der Waals surface area contributed by atoms with E-state index >= 15 is 0 Å². The molecule has 0 aromatic heterocycles. The number of carbonyl (C=O) groups is 4. The average Bonchev–Trinajstić information content (AvgIpc) is 2.56. The maximum atomic E-state index is 11.8. The lowest BCUT2D eigenvalue weighted by Gasteiger charge is -2.45. The largest absolute Gasteiger partial charge is 0.463 e. The molecule has 0 radical (unpaired) electrons. The minimum atomic E-state index is -1.11. The van der Waals surface area contributed by atoms with Gasteiger partial charge >= 0.3 is 17.9 Å². The van der Waals surface area contributed by atoms with Crippen molar-refractivity contribution in [3.8, 4) is 0 Å². The number of rotatable bonds is 9. The second-order valence-corrected chi connectivity index (χ2v) is 7.27. The number of ether oxygens (including phenoxy) is 5. The van der Waals surface area contributed by atoms with Crippen LogP contribution in [0.5, 0.6) is 0 Å². The summed E-state index contributed by atoms with van der Waals surface area (Å²) in [5, 5.41) is 2.65. The monoisotopic (exact) mass is 417 g/mol. The lowest BCUT2D eigenvalue weighted by atomic mass is 9.96. The van der Waals surface area contributed by atoms with Crippen LogP contribution in [0.25, 0.3) is 0 Å². The van der Waals surface area contributed by atoms with Gasteiger partial charge in [-0.1, -0.05) is 13.8 Å². The van der Waals surface area contributed by atoms with Gasteiger partial charge in [0.1, 0.15) is 18.8 Å². The zero-order chi connectivity index (χ0) is 22.1. The van der Waals surface area contributed by atoms with E-state index < -0.39 is 54.5 Å². The van der Waals surface area contributed by atoms with E-state index in [0.717, 1.165) is 6.42 Å². The van der Waals surface area contributed by atoms with Crippen LogP contribution in [0.2, 0.25) is 0 Å². The highest BCUT2D eigenvalue weighted by atomic mass is 16.7. The second-order valence-electron chi connectivity index (χ2n) is 7.27. The van der Waals surface area contributed by atoms with Crippen molar-refractivity contribution >= 4 is 23.8 Å². The minimum Gasteiger partial charge on any atom is -0.463 e. The van der Waals surface area contributed by atoms with E-state index in [1.165, 1.54) is 27.7 Å². The third-order valence-corrected chi connectivity index (χ3v) is 4.05. The fourth-order valence-corrected chi connectivity index (χ4v) is 2.85. The van der Waals surface area contributed by atoms with E-state index in [2.05, 4.69) is 5.32 Å². The van der Waals surface area contributed by atoms with Crippen molar-refractivity contribution in [3.05, 3.63) is 0 Å². The molecule has 29 heavy (non-hydrogen) atoms. The summed E-state index contributed by atoms with van der Waals surface area (Å²) in [5.41, 5.74) is 0. The Morgan fingerprint density at radius 2 is 1.52 bits per heavy atom. The van der Waals surface area contributed by atoms with Gasteiger partial charge in [0.25, 0.3) is 0 Å². The van der Waals surface area contributed by atoms with Crippen LogP contribution >= 0.6 is 0 Å². The second kappa shape index (κ2) is 11.7. The smallest absolute Gasteiger partial charge is 0.303 e. The Morgan fingerprint density at radius 1 is 0.931 bits per heavy atom. The van der Waals surface area contributed by atoms with Gasteiger partial charge in [-0.2, -0.15) is 0 Å². The molecule has 0 aromatic rings. The molecule has 0 spiro atoms. The SMILES string of the molecule is CC(=O)N[C@H]1[C@H](OCCC(C)C)O[C@@H](COC(C)=O)[C@@H](OC(C)=O)[C@H]1OC(C)=O. The normalized spacial score (nSPS) is 26.5. The number of hydrogen-bond donors (Lipinski definition) is 1. The van der Waals surface area contributed by atoms with E-state index in [4.69, 9.17) is 23.7 Å². The average molecular weight is 417 g/mol. The van der Waals surface area contributed by atoms with Crippen molar-refractivity contribution in [2.75, 3.05) is 13.2 Å². The summed E-state index contributed by atoms with van der Waals surface area (Å²) < 4.78 is 27.4. The fraction of sp³-hybridized carbons (Fsp3) is 0.789. The highest BCUT2D eigenvalue weighted by Crippen LogP contribution is 2.28. The predicted molar refractivity (Wildman–Crippen MR) is 99.4 cm³/mol. The zero-order valence-corrected chi connectivity index (χ0v) is 17.8. The predicted octanol–water partition coefficient (Wildman–Crippen LogP) is 0.705. The molecule has 0 aliphatic carbocycles. The van der Waals surface area contributed by atoms with Gasteiger partial charge in [-0.25, -0.2) is 0 Å². The number of carbonyl (C=O) groups excluding carboxylic acids is 4. The summed E-state index contributed by atoms with van der Waals surface area (Å²) in [6.07, 6.45) is -3.45. The molecular formula is C19H31NO9. The summed E-state index contributed by atoms with van der Waals surface area (Å²) in [7, 11) is 0. The summed E-state index contributed by atoms with van der Waals surface area (Å²) in [4.78, 5) is 46.4. The third kappa shape index (κ3) is 8.78. The van der Waals surface area contributed by atoms with Crippen LogP contribution in [-0.2, 0) is 42.9 Å². The number of hydrogen-bond acceptors (Lipinski definition) is 9. The summed E-state index contributed by atoms with van der Waals surface area (Å²) in [5.74, 6) is -1.89. The van der Waals surface area contributed by atoms with E-state index in [-0.39, 0.29) is 6.61 Å². The van der Waals surface area contributed by atoms with Crippen molar-refractivity contribution in [3.63, 3.8) is 0 Å². The van der Waals surface area contributed by atoms with Gasteiger partial charge in [-0.3, -0.25) is 19.2 Å². The van der Waals surface area contributed by atoms with Crippen molar-refractivity contribution in [1.82, 2.24) is 5.32 Å². The first-order valence-electron chi connectivity index (χ1n) is 9.53. The minimum absolute atomic E-state index is 0.248. The van der Waals surface area contributed by atoms with Crippen molar-refractivity contribution in [2.45, 2.75) is 78.6 Å². The zero-order valence-electron chi connectivity index (χ0n) is 17.8. The summed E-state index contributed by atoms with van der Waals surface area (Å²) in [6.45, 7) is 9.03. The molecule has 1 aliphatic heterocycles.